The van der Waals surface area contributed by atoms with Crippen molar-refractivity contribution in [2.75, 3.05) is 11.5 Å². The maximum Gasteiger partial charge on any atom is 0.0708 e. The van der Waals surface area contributed by atoms with Crippen LogP contribution < -0.4 is 0 Å². The molecule has 2 fully saturated rings. The summed E-state index contributed by atoms with van der Waals surface area (Å²) in [6, 6.07) is 10.8. The van der Waals surface area contributed by atoms with E-state index in [0.29, 0.717) is 5.92 Å². The summed E-state index contributed by atoms with van der Waals surface area (Å²) in [5, 5.41) is 0. The van der Waals surface area contributed by atoms with Crippen molar-refractivity contribution >= 4 is 22.6 Å². The van der Waals surface area contributed by atoms with E-state index in [4.69, 9.17) is 0 Å². The average Bonchev–Trinajstić information content (AvgIpc) is 2.49. The van der Waals surface area contributed by atoms with Crippen molar-refractivity contribution in [2.24, 2.45) is 0 Å². The van der Waals surface area contributed by atoms with Gasteiger partial charge < -0.3 is 0 Å². The van der Waals surface area contributed by atoms with Gasteiger partial charge in [0.25, 0.3) is 0 Å². The highest BCUT2D eigenvalue weighted by Crippen LogP contribution is 2.40. The molecule has 2 aliphatic rings. The van der Waals surface area contributed by atoms with Crippen LogP contribution in [0.3, 0.4) is 0 Å². The number of hydrogen-bond donors (Lipinski definition) is 0. The summed E-state index contributed by atoms with van der Waals surface area (Å²) in [7, 11) is -0.689. The van der Waals surface area contributed by atoms with Gasteiger partial charge in [-0.2, -0.15) is 0 Å². The highest BCUT2D eigenvalue weighted by molar-refractivity contribution is 8.17. The second-order valence-corrected chi connectivity index (χ2v) is 8.20. The maximum atomic E-state index is 12.1. The molecule has 0 amide bonds. The zero-order valence-electron chi connectivity index (χ0n) is 11.1. The summed E-state index contributed by atoms with van der Waals surface area (Å²) in [5.74, 6) is 2.74. The summed E-state index contributed by atoms with van der Waals surface area (Å²) in [5.41, 5.74) is 2.97. The molecule has 0 bridgehead atoms. The summed E-state index contributed by atoms with van der Waals surface area (Å²) in [6.07, 6.45) is 5.85. The maximum absolute atomic E-state index is 12.1. The van der Waals surface area contributed by atoms with Crippen LogP contribution in [0.1, 0.15) is 43.6 Å². The minimum Gasteiger partial charge on any atom is -0.254 e. The molecule has 3 rings (SSSR count). The fraction of sp³-hybridized carbons (Fsp3) is 0.500. The lowest BCUT2D eigenvalue weighted by atomic mass is 9.82. The van der Waals surface area contributed by atoms with Crippen LogP contribution in [0.5, 0.6) is 0 Å². The SMILES string of the molecule is O=S1CCCSC1=C1CCC(c2ccccc2)CC1. The fourth-order valence-corrected chi connectivity index (χ4v) is 6.21. The monoisotopic (exact) mass is 292 g/mol. The molecule has 0 spiro atoms. The zero-order valence-corrected chi connectivity index (χ0v) is 12.8. The molecule has 19 heavy (non-hydrogen) atoms. The normalized spacial score (nSPS) is 28.4. The minimum absolute atomic E-state index is 0.689. The van der Waals surface area contributed by atoms with Crippen molar-refractivity contribution in [2.45, 2.75) is 38.0 Å². The Morgan fingerprint density at radius 2 is 1.84 bits per heavy atom. The number of rotatable bonds is 1. The molecule has 1 aliphatic carbocycles. The van der Waals surface area contributed by atoms with E-state index in [1.54, 1.807) is 0 Å². The lowest BCUT2D eigenvalue weighted by Crippen LogP contribution is -2.13. The highest BCUT2D eigenvalue weighted by atomic mass is 32.2. The van der Waals surface area contributed by atoms with Gasteiger partial charge in [-0.1, -0.05) is 30.3 Å². The van der Waals surface area contributed by atoms with E-state index in [9.17, 15) is 4.21 Å². The molecule has 1 aliphatic heterocycles. The topological polar surface area (TPSA) is 17.1 Å². The first-order valence-corrected chi connectivity index (χ1v) is 9.43. The predicted octanol–water partition coefficient (Wildman–Crippen LogP) is 4.44. The predicted molar refractivity (Wildman–Crippen MR) is 84.8 cm³/mol. The van der Waals surface area contributed by atoms with Gasteiger partial charge in [-0.25, -0.2) is 0 Å². The first-order chi connectivity index (χ1) is 9.34. The summed E-state index contributed by atoms with van der Waals surface area (Å²) in [4.78, 5) is 0. The molecule has 0 radical (unpaired) electrons. The Morgan fingerprint density at radius 3 is 2.53 bits per heavy atom. The second-order valence-electron chi connectivity index (χ2n) is 5.33. The summed E-state index contributed by atoms with van der Waals surface area (Å²) in [6.45, 7) is 0. The Bertz CT molecular complexity index is 483. The number of benzene rings is 1. The van der Waals surface area contributed by atoms with E-state index >= 15 is 0 Å². The van der Waals surface area contributed by atoms with Crippen LogP contribution in [0.2, 0.25) is 0 Å². The first-order valence-electron chi connectivity index (χ1n) is 7.13. The Hall–Kier alpha value is -0.540. The van der Waals surface area contributed by atoms with Crippen LogP contribution in [0.25, 0.3) is 0 Å². The third-order valence-corrected chi connectivity index (χ3v) is 7.38. The van der Waals surface area contributed by atoms with Crippen molar-refractivity contribution in [3.63, 3.8) is 0 Å². The van der Waals surface area contributed by atoms with Crippen molar-refractivity contribution in [3.05, 3.63) is 45.7 Å². The minimum atomic E-state index is -0.689. The van der Waals surface area contributed by atoms with Gasteiger partial charge in [0.2, 0.25) is 0 Å². The molecule has 1 aromatic rings. The number of hydrogen-bond acceptors (Lipinski definition) is 2. The number of allylic oxidation sites excluding steroid dienone is 1. The van der Waals surface area contributed by atoms with Gasteiger partial charge in [-0.05, 0) is 54.9 Å². The Morgan fingerprint density at radius 1 is 1.11 bits per heavy atom. The standard InChI is InChI=1S/C16H20OS2/c17-19-12-4-11-18-16(19)15-9-7-14(8-10-15)13-5-2-1-3-6-13/h1-3,5-6,14H,4,7-12H2. The molecule has 102 valence electrons. The molecule has 1 saturated heterocycles. The largest absolute Gasteiger partial charge is 0.254 e. The average molecular weight is 292 g/mol. The Labute approximate surface area is 122 Å². The zero-order chi connectivity index (χ0) is 13.1. The van der Waals surface area contributed by atoms with Crippen LogP contribution >= 0.6 is 11.8 Å². The molecule has 3 heteroatoms. The first kappa shape index (κ1) is 13.4. The van der Waals surface area contributed by atoms with Crippen molar-refractivity contribution < 1.29 is 4.21 Å². The molecule has 1 aromatic carbocycles. The van der Waals surface area contributed by atoms with Crippen molar-refractivity contribution in [3.8, 4) is 0 Å². The fourth-order valence-electron chi connectivity index (χ4n) is 3.01. The van der Waals surface area contributed by atoms with Crippen LogP contribution in [0, 0.1) is 0 Å². The van der Waals surface area contributed by atoms with Gasteiger partial charge in [-0.15, -0.1) is 11.8 Å². The van der Waals surface area contributed by atoms with E-state index < -0.39 is 10.8 Å². The smallest absolute Gasteiger partial charge is 0.0708 e. The van der Waals surface area contributed by atoms with Crippen molar-refractivity contribution in [1.82, 2.24) is 0 Å². The van der Waals surface area contributed by atoms with Crippen LogP contribution in [0.15, 0.2) is 40.1 Å². The van der Waals surface area contributed by atoms with E-state index in [1.807, 2.05) is 11.8 Å². The van der Waals surface area contributed by atoms with E-state index in [2.05, 4.69) is 30.3 Å². The van der Waals surface area contributed by atoms with Gasteiger partial charge in [0, 0.05) is 5.75 Å². The number of thioether (sulfide) groups is 1. The third kappa shape index (κ3) is 3.14. The molecule has 1 heterocycles. The highest BCUT2D eigenvalue weighted by Gasteiger charge is 2.24. The second kappa shape index (κ2) is 6.27. The Balaban J connectivity index is 1.69. The summed E-state index contributed by atoms with van der Waals surface area (Å²) >= 11 is 1.85. The molecule has 0 N–H and O–H groups in total. The third-order valence-electron chi connectivity index (χ3n) is 4.06. The van der Waals surface area contributed by atoms with Gasteiger partial charge in [0.15, 0.2) is 0 Å². The molecule has 1 saturated carbocycles. The molecule has 1 nitrogen and oxygen atoms in total. The van der Waals surface area contributed by atoms with Crippen LogP contribution in [0.4, 0.5) is 0 Å². The van der Waals surface area contributed by atoms with Gasteiger partial charge in [0.1, 0.15) is 0 Å². The van der Waals surface area contributed by atoms with E-state index in [1.165, 1.54) is 28.2 Å². The quantitative estimate of drug-likeness (QED) is 0.761. The van der Waals surface area contributed by atoms with Gasteiger partial charge in [0.05, 0.1) is 15.0 Å². The lowest BCUT2D eigenvalue weighted by Gasteiger charge is -2.27. The molecule has 0 aromatic heterocycles. The molecular formula is C16H20OS2. The summed E-state index contributed by atoms with van der Waals surface area (Å²) < 4.78 is 13.3. The molecule has 1 atom stereocenters. The van der Waals surface area contributed by atoms with E-state index in [-0.39, 0.29) is 0 Å². The Kier molecular flexibility index (Phi) is 4.44. The van der Waals surface area contributed by atoms with E-state index in [0.717, 1.165) is 30.8 Å². The molecular weight excluding hydrogens is 272 g/mol. The van der Waals surface area contributed by atoms with Crippen LogP contribution in [-0.4, -0.2) is 15.7 Å². The van der Waals surface area contributed by atoms with Gasteiger partial charge in [-0.3, -0.25) is 4.21 Å². The lowest BCUT2D eigenvalue weighted by molar-refractivity contribution is 0.516. The van der Waals surface area contributed by atoms with Crippen LogP contribution in [-0.2, 0) is 10.8 Å². The van der Waals surface area contributed by atoms with Crippen molar-refractivity contribution in [1.29, 1.82) is 0 Å². The van der Waals surface area contributed by atoms with Gasteiger partial charge >= 0.3 is 0 Å². The molecule has 1 unspecified atom stereocenters.